The Balaban J connectivity index is 0.00000841. The number of carbonyl (C=O) groups excluding carboxylic acids is 1. The van der Waals surface area contributed by atoms with Crippen LogP contribution in [-0.4, -0.2) is 79.8 Å². The minimum Gasteiger partial charge on any atom is -0.444 e. The number of guanidine groups is 1. The number of carbonyl (C=O) groups is 1. The molecular formula is C22H44IN5O2. The summed E-state index contributed by atoms with van der Waals surface area (Å²) < 4.78 is 5.41. The summed E-state index contributed by atoms with van der Waals surface area (Å²) >= 11 is 0. The van der Waals surface area contributed by atoms with Crippen LogP contribution in [0.4, 0.5) is 4.79 Å². The van der Waals surface area contributed by atoms with Crippen LogP contribution in [0.3, 0.4) is 0 Å². The van der Waals surface area contributed by atoms with E-state index in [1.54, 1.807) is 11.9 Å². The number of piperidine rings is 1. The number of rotatable bonds is 8. The van der Waals surface area contributed by atoms with E-state index in [4.69, 9.17) is 9.73 Å². The summed E-state index contributed by atoms with van der Waals surface area (Å²) in [5.74, 6) is 1.10. The zero-order valence-corrected chi connectivity index (χ0v) is 22.4. The normalized spacial score (nSPS) is 17.0. The van der Waals surface area contributed by atoms with E-state index in [1.165, 1.54) is 5.57 Å². The molecule has 1 unspecified atom stereocenters. The predicted octanol–water partition coefficient (Wildman–Crippen LogP) is 3.70. The Morgan fingerprint density at radius 1 is 1.33 bits per heavy atom. The first kappa shape index (κ1) is 29.0. The number of aliphatic imine (C=N–C) groups is 1. The first-order valence-electron chi connectivity index (χ1n) is 10.9. The topological polar surface area (TPSA) is 69.2 Å². The largest absolute Gasteiger partial charge is 0.444 e. The molecule has 7 nitrogen and oxygen atoms in total. The van der Waals surface area contributed by atoms with Gasteiger partial charge in [-0.3, -0.25) is 9.89 Å². The Hall–Kier alpha value is -1.03. The maximum atomic E-state index is 12.1. The number of halogens is 1. The second-order valence-electron chi connectivity index (χ2n) is 9.34. The Kier molecular flexibility index (Phi) is 13.6. The van der Waals surface area contributed by atoms with Gasteiger partial charge in [-0.2, -0.15) is 0 Å². The lowest BCUT2D eigenvalue weighted by Crippen LogP contribution is -2.49. The molecule has 30 heavy (non-hydrogen) atoms. The molecule has 0 aromatic rings. The van der Waals surface area contributed by atoms with Crippen LogP contribution in [0, 0.1) is 5.92 Å². The fourth-order valence-electron chi connectivity index (χ4n) is 3.32. The molecule has 0 aliphatic carbocycles. The summed E-state index contributed by atoms with van der Waals surface area (Å²) in [6.07, 6.45) is 1.92. The first-order valence-corrected chi connectivity index (χ1v) is 10.9. The van der Waals surface area contributed by atoms with E-state index < -0.39 is 5.60 Å². The van der Waals surface area contributed by atoms with Gasteiger partial charge in [-0.05, 0) is 53.4 Å². The van der Waals surface area contributed by atoms with Crippen LogP contribution in [0.2, 0.25) is 0 Å². The molecule has 0 saturated carbocycles. The average Bonchev–Trinajstić information content (AvgIpc) is 2.59. The Labute approximate surface area is 201 Å². The van der Waals surface area contributed by atoms with E-state index in [9.17, 15) is 4.79 Å². The lowest BCUT2D eigenvalue weighted by Gasteiger charge is -2.33. The molecule has 0 spiro atoms. The van der Waals surface area contributed by atoms with Crippen molar-refractivity contribution in [3.63, 3.8) is 0 Å². The van der Waals surface area contributed by atoms with Crippen LogP contribution < -0.4 is 10.6 Å². The van der Waals surface area contributed by atoms with E-state index in [0.29, 0.717) is 19.1 Å². The Bertz CT molecular complexity index is 554. The number of nitrogens with zero attached hydrogens (tertiary/aromatic N) is 3. The van der Waals surface area contributed by atoms with Crippen molar-refractivity contribution >= 4 is 36.0 Å². The van der Waals surface area contributed by atoms with E-state index in [0.717, 1.165) is 45.0 Å². The highest BCUT2D eigenvalue weighted by molar-refractivity contribution is 14.0. The highest BCUT2D eigenvalue weighted by Crippen LogP contribution is 2.12. The van der Waals surface area contributed by atoms with Crippen molar-refractivity contribution in [1.82, 2.24) is 20.4 Å². The number of likely N-dealkylation sites (tertiary alicyclic amines) is 1. The minimum absolute atomic E-state index is 0. The molecule has 1 saturated heterocycles. The maximum absolute atomic E-state index is 12.1. The molecule has 1 aliphatic heterocycles. The quantitative estimate of drug-likeness (QED) is 0.214. The predicted molar refractivity (Wildman–Crippen MR) is 137 cm³/mol. The van der Waals surface area contributed by atoms with Gasteiger partial charge in [-0.1, -0.05) is 19.1 Å². The van der Waals surface area contributed by atoms with Crippen molar-refractivity contribution in [3.8, 4) is 0 Å². The van der Waals surface area contributed by atoms with Crippen molar-refractivity contribution in [2.75, 3.05) is 46.3 Å². The molecule has 1 atom stereocenters. The van der Waals surface area contributed by atoms with Gasteiger partial charge in [0.1, 0.15) is 5.60 Å². The van der Waals surface area contributed by atoms with Crippen molar-refractivity contribution in [1.29, 1.82) is 0 Å². The molecule has 1 amide bonds. The average molecular weight is 538 g/mol. The number of nitrogens with one attached hydrogen (secondary N) is 2. The van der Waals surface area contributed by atoms with Gasteiger partial charge >= 0.3 is 6.09 Å². The summed E-state index contributed by atoms with van der Waals surface area (Å²) in [6.45, 7) is 21.2. The smallest absolute Gasteiger partial charge is 0.410 e. The molecule has 8 heteroatoms. The van der Waals surface area contributed by atoms with E-state index in [2.05, 4.69) is 42.9 Å². The fraction of sp³-hybridized carbons (Fsp3) is 0.818. The lowest BCUT2D eigenvalue weighted by molar-refractivity contribution is 0.0279. The van der Waals surface area contributed by atoms with Crippen molar-refractivity contribution in [2.45, 2.75) is 66.0 Å². The Morgan fingerprint density at radius 2 is 1.93 bits per heavy atom. The highest BCUT2D eigenvalue weighted by Gasteiger charge is 2.22. The monoisotopic (exact) mass is 537 g/mol. The summed E-state index contributed by atoms with van der Waals surface area (Å²) in [5.41, 5.74) is 0.742. The molecule has 1 rings (SSSR count). The number of amides is 1. The van der Waals surface area contributed by atoms with E-state index >= 15 is 0 Å². The number of hydrogen-bond donors (Lipinski definition) is 2. The van der Waals surface area contributed by atoms with Crippen LogP contribution in [0.5, 0.6) is 0 Å². The SMILES string of the molecule is C=C(C)CN1CCC(NC(=NCC(C)CN(C)C(=O)OC(C)(C)C)NCC)CC1.I. The molecule has 0 bridgehead atoms. The van der Waals surface area contributed by atoms with Gasteiger partial charge < -0.3 is 20.3 Å². The molecule has 2 N–H and O–H groups in total. The third-order valence-corrected chi connectivity index (χ3v) is 4.62. The third kappa shape index (κ3) is 12.6. The molecule has 1 fully saturated rings. The first-order chi connectivity index (χ1) is 13.5. The van der Waals surface area contributed by atoms with Crippen LogP contribution >= 0.6 is 24.0 Å². The molecule has 0 radical (unpaired) electrons. The molecular weight excluding hydrogens is 493 g/mol. The van der Waals surface area contributed by atoms with Crippen LogP contribution in [-0.2, 0) is 4.74 Å². The zero-order valence-electron chi connectivity index (χ0n) is 20.1. The van der Waals surface area contributed by atoms with Gasteiger partial charge in [-0.25, -0.2) is 4.79 Å². The number of hydrogen-bond acceptors (Lipinski definition) is 4. The second kappa shape index (κ2) is 14.1. The van der Waals surface area contributed by atoms with Crippen molar-refractivity contribution in [2.24, 2.45) is 10.9 Å². The van der Waals surface area contributed by atoms with Crippen LogP contribution in [0.15, 0.2) is 17.1 Å². The molecule has 176 valence electrons. The lowest BCUT2D eigenvalue weighted by atomic mass is 10.0. The number of ether oxygens (including phenoxy) is 1. The zero-order chi connectivity index (χ0) is 22.0. The van der Waals surface area contributed by atoms with Gasteiger partial charge in [0.05, 0.1) is 0 Å². The van der Waals surface area contributed by atoms with Gasteiger partial charge in [0.15, 0.2) is 5.96 Å². The van der Waals surface area contributed by atoms with Gasteiger partial charge in [0.25, 0.3) is 0 Å². The summed E-state index contributed by atoms with van der Waals surface area (Å²) in [7, 11) is 1.77. The summed E-state index contributed by atoms with van der Waals surface area (Å²) in [6, 6.07) is 0.439. The van der Waals surface area contributed by atoms with Gasteiger partial charge in [0.2, 0.25) is 0 Å². The highest BCUT2D eigenvalue weighted by atomic mass is 127. The van der Waals surface area contributed by atoms with E-state index in [-0.39, 0.29) is 36.0 Å². The van der Waals surface area contributed by atoms with Gasteiger partial charge in [0, 0.05) is 52.4 Å². The molecule has 0 aromatic carbocycles. The van der Waals surface area contributed by atoms with E-state index in [1.807, 2.05) is 20.8 Å². The second-order valence-corrected chi connectivity index (χ2v) is 9.34. The minimum atomic E-state index is -0.477. The Morgan fingerprint density at radius 3 is 2.43 bits per heavy atom. The fourth-order valence-corrected chi connectivity index (χ4v) is 3.32. The molecule has 0 aromatic heterocycles. The van der Waals surface area contributed by atoms with Gasteiger partial charge in [-0.15, -0.1) is 24.0 Å². The summed E-state index contributed by atoms with van der Waals surface area (Å²) in [5, 5.41) is 6.92. The standard InChI is InChI=1S/C22H43N5O2.HI/c1-9-23-20(25-19-10-12-27(13-11-19)15-17(2)3)24-14-18(4)16-26(8)21(28)29-22(5,6)7;/h18-19H,2,9-16H2,1,3-8H3,(H2,23,24,25);1H. The maximum Gasteiger partial charge on any atom is 0.410 e. The van der Waals surface area contributed by atoms with Crippen molar-refractivity contribution in [3.05, 3.63) is 12.2 Å². The molecule has 1 heterocycles. The van der Waals surface area contributed by atoms with Crippen molar-refractivity contribution < 1.29 is 9.53 Å². The third-order valence-electron chi connectivity index (χ3n) is 4.62. The van der Waals surface area contributed by atoms with Crippen LogP contribution in [0.25, 0.3) is 0 Å². The molecule has 1 aliphatic rings. The summed E-state index contributed by atoms with van der Waals surface area (Å²) in [4.78, 5) is 21.0. The van der Waals surface area contributed by atoms with Crippen LogP contribution in [0.1, 0.15) is 54.4 Å².